The summed E-state index contributed by atoms with van der Waals surface area (Å²) in [5.74, 6) is 0. The Morgan fingerprint density at radius 2 is 2.18 bits per heavy atom. The first-order chi connectivity index (χ1) is 5.35. The van der Waals surface area contributed by atoms with Gasteiger partial charge >= 0.3 is 0 Å². The molecule has 0 amide bonds. The quantitative estimate of drug-likeness (QED) is 0.663. The minimum Gasteiger partial charge on any atom is -0.385 e. The molecule has 0 atom stereocenters. The Morgan fingerprint density at radius 1 is 1.45 bits per heavy atom. The molecule has 0 unspecified atom stereocenters. The molecule has 2 heterocycles. The van der Waals surface area contributed by atoms with E-state index in [-0.39, 0.29) is 0 Å². The summed E-state index contributed by atoms with van der Waals surface area (Å²) in [5.41, 5.74) is 0.487. The summed E-state index contributed by atoms with van der Waals surface area (Å²) >= 11 is 0. The smallest absolute Gasteiger partial charge is 0.0479 e. The van der Waals surface area contributed by atoms with Gasteiger partial charge in [0.05, 0.1) is 0 Å². The van der Waals surface area contributed by atoms with Gasteiger partial charge in [0.2, 0.25) is 0 Å². The third-order valence-electron chi connectivity index (χ3n) is 3.24. The molecule has 0 aromatic heterocycles. The molecular formula is C9H17NO. The highest BCUT2D eigenvalue weighted by Gasteiger charge is 2.43. The molecule has 64 valence electrons. The fraction of sp³-hybridized carbons (Fsp3) is 1.00. The van der Waals surface area contributed by atoms with Crippen molar-refractivity contribution in [1.29, 1.82) is 0 Å². The van der Waals surface area contributed by atoms with Crippen LogP contribution in [0, 0.1) is 0 Å². The average molecular weight is 155 g/mol. The van der Waals surface area contributed by atoms with Crippen LogP contribution in [0.4, 0.5) is 0 Å². The average Bonchev–Trinajstić information content (AvgIpc) is 2.60. The first kappa shape index (κ1) is 7.56. The van der Waals surface area contributed by atoms with Crippen LogP contribution in [0.3, 0.4) is 0 Å². The number of hydrogen-bond donors (Lipinski definition) is 1. The number of nitrogens with one attached hydrogen (secondary N) is 1. The van der Waals surface area contributed by atoms with Gasteiger partial charge in [0.15, 0.2) is 0 Å². The minimum atomic E-state index is 0.487. The molecule has 2 fully saturated rings. The zero-order chi connectivity index (χ0) is 7.73. The molecule has 0 aliphatic carbocycles. The van der Waals surface area contributed by atoms with Gasteiger partial charge in [-0.1, -0.05) is 0 Å². The molecule has 2 heteroatoms. The summed E-state index contributed by atoms with van der Waals surface area (Å²) in [6.07, 6.45) is 6.75. The van der Waals surface area contributed by atoms with E-state index < -0.39 is 0 Å². The van der Waals surface area contributed by atoms with Crippen molar-refractivity contribution in [3.63, 3.8) is 0 Å². The number of ether oxygens (including phenoxy) is 1. The van der Waals surface area contributed by atoms with Crippen molar-refractivity contribution in [3.05, 3.63) is 0 Å². The van der Waals surface area contributed by atoms with E-state index >= 15 is 0 Å². The number of hydrogen-bond acceptors (Lipinski definition) is 2. The molecular weight excluding hydrogens is 138 g/mol. The van der Waals surface area contributed by atoms with E-state index in [2.05, 4.69) is 5.32 Å². The van der Waals surface area contributed by atoms with Gasteiger partial charge in [-0.3, -0.25) is 0 Å². The zero-order valence-electron chi connectivity index (χ0n) is 7.23. The van der Waals surface area contributed by atoms with Gasteiger partial charge in [-0.2, -0.15) is 0 Å². The maximum absolute atomic E-state index is 5.11. The van der Waals surface area contributed by atoms with Crippen LogP contribution in [-0.4, -0.2) is 25.3 Å². The Balaban J connectivity index is 1.89. The van der Waals surface area contributed by atoms with Crippen molar-refractivity contribution < 1.29 is 4.74 Å². The van der Waals surface area contributed by atoms with Crippen LogP contribution in [0.15, 0.2) is 0 Å². The standard InChI is InChI=1S/C9H17NO/c1-11-7-6-9-4-2-8(10-9)3-5-9/h8,10H,2-7H2,1H3. The monoisotopic (exact) mass is 155 g/mol. The fourth-order valence-electron chi connectivity index (χ4n) is 2.51. The normalized spacial score (nSPS) is 41.7. The highest BCUT2D eigenvalue weighted by molar-refractivity contribution is 5.03. The summed E-state index contributed by atoms with van der Waals surface area (Å²) in [6, 6.07) is 0.840. The lowest BCUT2D eigenvalue weighted by molar-refractivity contribution is 0.162. The van der Waals surface area contributed by atoms with E-state index in [1.54, 1.807) is 7.11 Å². The summed E-state index contributed by atoms with van der Waals surface area (Å²) in [6.45, 7) is 0.916. The van der Waals surface area contributed by atoms with Crippen LogP contribution in [0.1, 0.15) is 32.1 Å². The molecule has 2 aliphatic rings. The van der Waals surface area contributed by atoms with Crippen molar-refractivity contribution in [1.82, 2.24) is 5.32 Å². The van der Waals surface area contributed by atoms with E-state index in [9.17, 15) is 0 Å². The largest absolute Gasteiger partial charge is 0.385 e. The second kappa shape index (κ2) is 2.76. The molecule has 11 heavy (non-hydrogen) atoms. The van der Waals surface area contributed by atoms with E-state index in [1.807, 2.05) is 0 Å². The molecule has 0 aromatic carbocycles. The van der Waals surface area contributed by atoms with Crippen LogP contribution in [0.5, 0.6) is 0 Å². The summed E-state index contributed by atoms with van der Waals surface area (Å²) in [7, 11) is 1.79. The molecule has 0 aromatic rings. The maximum Gasteiger partial charge on any atom is 0.0479 e. The molecule has 0 saturated carbocycles. The second-order valence-electron chi connectivity index (χ2n) is 3.94. The number of fused-ring (bicyclic) bond motifs is 2. The van der Waals surface area contributed by atoms with Crippen molar-refractivity contribution >= 4 is 0 Å². The lowest BCUT2D eigenvalue weighted by atomic mass is 9.86. The van der Waals surface area contributed by atoms with Gasteiger partial charge < -0.3 is 10.1 Å². The summed E-state index contributed by atoms with van der Waals surface area (Å²) in [4.78, 5) is 0. The van der Waals surface area contributed by atoms with Gasteiger partial charge in [0.1, 0.15) is 0 Å². The highest BCUT2D eigenvalue weighted by Crippen LogP contribution is 2.39. The molecule has 2 nitrogen and oxygen atoms in total. The van der Waals surface area contributed by atoms with Crippen LogP contribution < -0.4 is 5.32 Å². The molecule has 2 saturated heterocycles. The molecule has 0 radical (unpaired) electrons. The van der Waals surface area contributed by atoms with Crippen LogP contribution >= 0.6 is 0 Å². The first-order valence-corrected chi connectivity index (χ1v) is 4.61. The topological polar surface area (TPSA) is 21.3 Å². The Morgan fingerprint density at radius 3 is 2.64 bits per heavy atom. The van der Waals surface area contributed by atoms with E-state index in [1.165, 1.54) is 32.1 Å². The van der Waals surface area contributed by atoms with Crippen molar-refractivity contribution in [2.45, 2.75) is 43.7 Å². The lowest BCUT2D eigenvalue weighted by Gasteiger charge is -2.25. The number of methoxy groups -OCH3 is 1. The van der Waals surface area contributed by atoms with Crippen LogP contribution in [-0.2, 0) is 4.74 Å². The Kier molecular flexibility index (Phi) is 1.90. The first-order valence-electron chi connectivity index (χ1n) is 4.61. The van der Waals surface area contributed by atoms with Gasteiger partial charge in [-0.25, -0.2) is 0 Å². The molecule has 1 N–H and O–H groups in total. The highest BCUT2D eigenvalue weighted by atomic mass is 16.5. The van der Waals surface area contributed by atoms with Crippen LogP contribution in [0.25, 0.3) is 0 Å². The van der Waals surface area contributed by atoms with E-state index in [0.29, 0.717) is 5.54 Å². The Bertz CT molecular complexity index is 138. The van der Waals surface area contributed by atoms with Crippen molar-refractivity contribution in [3.8, 4) is 0 Å². The van der Waals surface area contributed by atoms with E-state index in [0.717, 1.165) is 12.6 Å². The van der Waals surface area contributed by atoms with Crippen molar-refractivity contribution in [2.75, 3.05) is 13.7 Å². The predicted octanol–water partition coefficient (Wildman–Crippen LogP) is 1.31. The third kappa shape index (κ3) is 1.30. The molecule has 2 rings (SSSR count). The van der Waals surface area contributed by atoms with Crippen LogP contribution in [0.2, 0.25) is 0 Å². The third-order valence-corrected chi connectivity index (χ3v) is 3.24. The molecule has 0 spiro atoms. The predicted molar refractivity (Wildman–Crippen MR) is 44.6 cm³/mol. The van der Waals surface area contributed by atoms with Crippen molar-refractivity contribution in [2.24, 2.45) is 0 Å². The minimum absolute atomic E-state index is 0.487. The summed E-state index contributed by atoms with van der Waals surface area (Å²) in [5, 5.41) is 3.70. The zero-order valence-corrected chi connectivity index (χ0v) is 7.23. The maximum atomic E-state index is 5.11. The molecule has 2 aliphatic heterocycles. The van der Waals surface area contributed by atoms with E-state index in [4.69, 9.17) is 4.74 Å². The van der Waals surface area contributed by atoms with Gasteiger partial charge in [-0.05, 0) is 32.1 Å². The van der Waals surface area contributed by atoms with Gasteiger partial charge in [0.25, 0.3) is 0 Å². The second-order valence-corrected chi connectivity index (χ2v) is 3.94. The Labute approximate surface area is 68.3 Å². The van der Waals surface area contributed by atoms with Gasteiger partial charge in [0, 0.05) is 25.3 Å². The molecule has 2 bridgehead atoms. The number of rotatable bonds is 3. The summed E-state index contributed by atoms with van der Waals surface area (Å²) < 4.78 is 5.11. The van der Waals surface area contributed by atoms with Gasteiger partial charge in [-0.15, -0.1) is 0 Å². The Hall–Kier alpha value is -0.0800. The lowest BCUT2D eigenvalue weighted by Crippen LogP contribution is -2.37. The fourth-order valence-corrected chi connectivity index (χ4v) is 2.51. The SMILES string of the molecule is COCCC12CCC(CC1)N2.